The zero-order valence-electron chi connectivity index (χ0n) is 17.6. The molecular formula is C23H25F3N2O4. The van der Waals surface area contributed by atoms with Crippen LogP contribution < -0.4 is 10.1 Å². The van der Waals surface area contributed by atoms with Gasteiger partial charge in [0.1, 0.15) is 18.1 Å². The van der Waals surface area contributed by atoms with Crippen molar-refractivity contribution in [3.63, 3.8) is 0 Å². The molecule has 2 N–H and O–H groups in total. The van der Waals surface area contributed by atoms with Crippen LogP contribution in [0, 0.1) is 0 Å². The zero-order chi connectivity index (χ0) is 23.1. The number of aromatic hydroxyl groups is 1. The molecule has 172 valence electrons. The molecule has 0 bridgehead atoms. The number of nitrogens with zero attached hydrogens (tertiary/aromatic N) is 1. The lowest BCUT2D eigenvalue weighted by atomic mass is 9.99. The van der Waals surface area contributed by atoms with E-state index in [1.54, 1.807) is 12.1 Å². The molecule has 1 amide bonds. The maximum Gasteiger partial charge on any atom is 0.416 e. The van der Waals surface area contributed by atoms with Crippen LogP contribution in [0.15, 0.2) is 48.5 Å². The highest BCUT2D eigenvalue weighted by atomic mass is 19.4. The number of phenols is 1. The Morgan fingerprint density at radius 2 is 1.91 bits per heavy atom. The van der Waals surface area contributed by atoms with Crippen molar-refractivity contribution in [3.8, 4) is 11.5 Å². The number of methoxy groups -OCH3 is 1. The average molecular weight is 450 g/mol. The van der Waals surface area contributed by atoms with E-state index in [0.29, 0.717) is 19.5 Å². The van der Waals surface area contributed by atoms with Gasteiger partial charge in [-0.3, -0.25) is 9.69 Å². The molecule has 0 saturated heterocycles. The number of alkyl halides is 3. The van der Waals surface area contributed by atoms with Crippen molar-refractivity contribution < 1.29 is 32.5 Å². The Morgan fingerprint density at radius 3 is 2.53 bits per heavy atom. The van der Waals surface area contributed by atoms with Crippen LogP contribution in [-0.2, 0) is 15.7 Å². The van der Waals surface area contributed by atoms with E-state index in [-0.39, 0.29) is 36.9 Å². The van der Waals surface area contributed by atoms with Crippen molar-refractivity contribution >= 4 is 17.2 Å². The van der Waals surface area contributed by atoms with Crippen LogP contribution >= 0.6 is 0 Å². The number of carbonyl (C=O) groups excluding carboxylic acids is 1. The first kappa shape index (κ1) is 23.6. The number of halogens is 3. The second kappa shape index (κ2) is 10.5. The summed E-state index contributed by atoms with van der Waals surface area (Å²) < 4.78 is 49.7. The molecule has 1 aliphatic rings. The summed E-state index contributed by atoms with van der Waals surface area (Å²) in [5.74, 6) is -0.0809. The summed E-state index contributed by atoms with van der Waals surface area (Å²) in [6.45, 7) is 1.59. The highest BCUT2D eigenvalue weighted by Crippen LogP contribution is 2.35. The van der Waals surface area contributed by atoms with Crippen LogP contribution in [0.1, 0.15) is 17.5 Å². The van der Waals surface area contributed by atoms with Crippen molar-refractivity contribution in [2.24, 2.45) is 0 Å². The smallest absolute Gasteiger partial charge is 0.416 e. The molecule has 0 atom stereocenters. The Morgan fingerprint density at radius 1 is 1.16 bits per heavy atom. The third kappa shape index (κ3) is 6.48. The molecule has 1 aliphatic heterocycles. The van der Waals surface area contributed by atoms with E-state index in [0.717, 1.165) is 23.3 Å². The average Bonchev–Trinajstić information content (AvgIpc) is 2.75. The van der Waals surface area contributed by atoms with Gasteiger partial charge in [0.2, 0.25) is 5.91 Å². The summed E-state index contributed by atoms with van der Waals surface area (Å²) in [6, 6.07) is 9.90. The summed E-state index contributed by atoms with van der Waals surface area (Å²) in [5, 5.41) is 12.0. The molecule has 9 heteroatoms. The van der Waals surface area contributed by atoms with Gasteiger partial charge in [0.15, 0.2) is 0 Å². The van der Waals surface area contributed by atoms with Gasteiger partial charge < -0.3 is 19.9 Å². The highest BCUT2D eigenvalue weighted by Gasteiger charge is 2.31. The third-order valence-corrected chi connectivity index (χ3v) is 5.02. The van der Waals surface area contributed by atoms with Crippen LogP contribution in [-0.4, -0.2) is 55.9 Å². The van der Waals surface area contributed by atoms with Gasteiger partial charge in [-0.05, 0) is 47.9 Å². The molecule has 0 saturated carbocycles. The first-order chi connectivity index (χ1) is 15.3. The van der Waals surface area contributed by atoms with E-state index in [1.807, 2.05) is 23.1 Å². The van der Waals surface area contributed by atoms with Crippen molar-refractivity contribution in [2.45, 2.75) is 12.6 Å². The molecular weight excluding hydrogens is 425 g/mol. The second-order valence-corrected chi connectivity index (χ2v) is 7.36. The predicted octanol–water partition coefficient (Wildman–Crippen LogP) is 4.16. The van der Waals surface area contributed by atoms with Crippen molar-refractivity contribution in [1.82, 2.24) is 4.90 Å². The largest absolute Gasteiger partial charge is 0.508 e. The summed E-state index contributed by atoms with van der Waals surface area (Å²) in [4.78, 5) is 14.5. The summed E-state index contributed by atoms with van der Waals surface area (Å²) >= 11 is 0. The maximum atomic E-state index is 13.1. The Bertz CT molecular complexity index is 959. The first-order valence-corrected chi connectivity index (χ1v) is 10.1. The number of hydrogen-bond acceptors (Lipinski definition) is 5. The standard InChI is InChI=1S/C23H25F3N2O4/c1-31-12-13-32-21-7-4-18(23(24,25)26)14-20(21)27-22(30)15-28-10-8-17(9-11-28)16-2-5-19(29)6-3-16/h2-8,14,29H,9-13,15H2,1H3,(H,27,30). The number of anilines is 1. The van der Waals surface area contributed by atoms with Crippen molar-refractivity contribution in [1.29, 1.82) is 0 Å². The SMILES string of the molecule is COCCOc1ccc(C(F)(F)F)cc1NC(=O)CN1CC=C(c2ccc(O)cc2)CC1. The quantitative estimate of drug-likeness (QED) is 0.591. The number of hydrogen-bond donors (Lipinski definition) is 2. The Hall–Kier alpha value is -3.04. The van der Waals surface area contributed by atoms with E-state index in [1.165, 1.54) is 13.2 Å². The third-order valence-electron chi connectivity index (χ3n) is 5.02. The number of nitrogens with one attached hydrogen (secondary N) is 1. The molecule has 0 aromatic heterocycles. The van der Waals surface area contributed by atoms with Gasteiger partial charge in [0.05, 0.1) is 24.4 Å². The molecule has 1 heterocycles. The molecule has 2 aromatic carbocycles. The lowest BCUT2D eigenvalue weighted by Crippen LogP contribution is -2.36. The molecule has 2 aromatic rings. The molecule has 32 heavy (non-hydrogen) atoms. The fraction of sp³-hybridized carbons (Fsp3) is 0.348. The van der Waals surface area contributed by atoms with E-state index in [9.17, 15) is 23.1 Å². The van der Waals surface area contributed by atoms with E-state index < -0.39 is 17.6 Å². The Labute approximate surface area is 184 Å². The monoisotopic (exact) mass is 450 g/mol. The van der Waals surface area contributed by atoms with Crippen LogP contribution in [0.2, 0.25) is 0 Å². The summed E-state index contributed by atoms with van der Waals surface area (Å²) in [7, 11) is 1.49. The van der Waals surface area contributed by atoms with Gasteiger partial charge in [-0.25, -0.2) is 0 Å². The number of rotatable bonds is 8. The van der Waals surface area contributed by atoms with Crippen molar-refractivity contribution in [2.75, 3.05) is 45.3 Å². The fourth-order valence-corrected chi connectivity index (χ4v) is 3.35. The van der Waals surface area contributed by atoms with Gasteiger partial charge in [-0.2, -0.15) is 13.2 Å². The van der Waals surface area contributed by atoms with Crippen molar-refractivity contribution in [3.05, 3.63) is 59.7 Å². The normalized spacial score (nSPS) is 14.7. The minimum atomic E-state index is -4.53. The second-order valence-electron chi connectivity index (χ2n) is 7.36. The number of carbonyl (C=O) groups is 1. The Balaban J connectivity index is 1.64. The van der Waals surface area contributed by atoms with Crippen LogP contribution in [0.25, 0.3) is 5.57 Å². The lowest BCUT2D eigenvalue weighted by molar-refractivity contribution is -0.137. The van der Waals surface area contributed by atoms with Gasteiger partial charge in [-0.15, -0.1) is 0 Å². The van der Waals surface area contributed by atoms with Gasteiger partial charge in [-0.1, -0.05) is 18.2 Å². The van der Waals surface area contributed by atoms with E-state index >= 15 is 0 Å². The summed E-state index contributed by atoms with van der Waals surface area (Å²) in [6.07, 6.45) is -1.81. The molecule has 0 fully saturated rings. The van der Waals surface area contributed by atoms with Gasteiger partial charge in [0.25, 0.3) is 0 Å². The minimum absolute atomic E-state index is 0.0294. The highest BCUT2D eigenvalue weighted by molar-refractivity contribution is 5.94. The molecule has 0 radical (unpaired) electrons. The van der Waals surface area contributed by atoms with E-state index in [4.69, 9.17) is 9.47 Å². The Kier molecular flexibility index (Phi) is 7.76. The maximum absolute atomic E-state index is 13.1. The van der Waals surface area contributed by atoms with Gasteiger partial charge in [0, 0.05) is 20.2 Å². The number of ether oxygens (including phenoxy) is 2. The molecule has 3 rings (SSSR count). The molecule has 0 unspecified atom stereocenters. The zero-order valence-corrected chi connectivity index (χ0v) is 17.6. The number of amides is 1. The number of benzene rings is 2. The summed E-state index contributed by atoms with van der Waals surface area (Å²) in [5.41, 5.74) is 1.23. The molecule has 0 aliphatic carbocycles. The molecule has 0 spiro atoms. The first-order valence-electron chi connectivity index (χ1n) is 10.1. The van der Waals surface area contributed by atoms with Gasteiger partial charge >= 0.3 is 6.18 Å². The molecule has 6 nitrogen and oxygen atoms in total. The fourth-order valence-electron chi connectivity index (χ4n) is 3.35. The van der Waals surface area contributed by atoms with Crippen LogP contribution in [0.5, 0.6) is 11.5 Å². The number of phenolic OH excluding ortho intramolecular Hbond substituents is 1. The predicted molar refractivity (Wildman–Crippen MR) is 115 cm³/mol. The van der Waals surface area contributed by atoms with Crippen LogP contribution in [0.3, 0.4) is 0 Å². The topological polar surface area (TPSA) is 71.0 Å². The van der Waals surface area contributed by atoms with E-state index in [2.05, 4.69) is 5.32 Å². The minimum Gasteiger partial charge on any atom is -0.508 e. The van der Waals surface area contributed by atoms with Crippen LogP contribution in [0.4, 0.5) is 18.9 Å². The lowest BCUT2D eigenvalue weighted by Gasteiger charge is -2.26.